The zero-order valence-electron chi connectivity index (χ0n) is 8.22. The van der Waals surface area contributed by atoms with E-state index in [1.54, 1.807) is 13.0 Å². The first kappa shape index (κ1) is 11.6. The van der Waals surface area contributed by atoms with Crippen molar-refractivity contribution in [1.82, 2.24) is 0 Å². The van der Waals surface area contributed by atoms with Crippen LogP contribution in [-0.4, -0.2) is 21.6 Å². The molecule has 1 aromatic carbocycles. The molecule has 5 nitrogen and oxygen atoms in total. The summed E-state index contributed by atoms with van der Waals surface area (Å²) in [4.78, 5) is 13.3. The van der Waals surface area contributed by atoms with Gasteiger partial charge < -0.3 is 0 Å². The van der Waals surface area contributed by atoms with Crippen molar-refractivity contribution in [3.05, 3.63) is 23.8 Å². The number of isocyanates is 1. The smallest absolute Gasteiger partial charge is 0.270 e. The maximum absolute atomic E-state index is 11.4. The number of hydrogen-bond donors (Lipinski definition) is 0. The molecule has 0 aliphatic rings. The highest BCUT2D eigenvalue weighted by Crippen LogP contribution is 2.22. The second kappa shape index (κ2) is 4.35. The third-order valence-electron chi connectivity index (χ3n) is 1.84. The first-order valence-electron chi connectivity index (χ1n) is 4.00. The van der Waals surface area contributed by atoms with Gasteiger partial charge in [-0.15, -0.1) is 0 Å². The lowest BCUT2D eigenvalue weighted by molar-refractivity contribution is 0.397. The van der Waals surface area contributed by atoms with Gasteiger partial charge >= 0.3 is 0 Å². The van der Waals surface area contributed by atoms with Crippen LogP contribution < -0.4 is 0 Å². The van der Waals surface area contributed by atoms with E-state index < -0.39 is 10.1 Å². The molecule has 0 bridgehead atoms. The highest BCUT2D eigenvalue weighted by Gasteiger charge is 2.16. The van der Waals surface area contributed by atoms with Crippen molar-refractivity contribution in [3.63, 3.8) is 0 Å². The van der Waals surface area contributed by atoms with Crippen LogP contribution in [0.2, 0.25) is 0 Å². The molecule has 0 aromatic heterocycles. The van der Waals surface area contributed by atoms with Crippen molar-refractivity contribution >= 4 is 21.9 Å². The molecule has 1 rings (SSSR count). The zero-order chi connectivity index (χ0) is 11.5. The van der Waals surface area contributed by atoms with Crippen LogP contribution in [0.15, 0.2) is 28.1 Å². The second-order valence-electron chi connectivity index (χ2n) is 2.77. The monoisotopic (exact) mass is 227 g/mol. The highest BCUT2D eigenvalue weighted by molar-refractivity contribution is 7.86. The molecule has 0 saturated heterocycles. The molecule has 0 amide bonds. The minimum Gasteiger partial charge on any atom is -0.270 e. The SMILES string of the molecule is COS(=O)(=O)c1cc(N=C=O)ccc1C. The Kier molecular flexibility index (Phi) is 3.36. The van der Waals surface area contributed by atoms with Crippen LogP contribution in [0.1, 0.15) is 5.56 Å². The van der Waals surface area contributed by atoms with Crippen molar-refractivity contribution in [2.45, 2.75) is 11.8 Å². The average Bonchev–Trinajstić information content (AvgIpc) is 2.21. The van der Waals surface area contributed by atoms with Crippen LogP contribution in [0.4, 0.5) is 5.69 Å². The second-order valence-corrected chi connectivity index (χ2v) is 4.46. The molecule has 0 atom stereocenters. The predicted octanol–water partition coefficient (Wildman–Crippen LogP) is 1.30. The van der Waals surface area contributed by atoms with Crippen molar-refractivity contribution in [2.75, 3.05) is 7.11 Å². The first-order chi connectivity index (χ1) is 7.01. The average molecular weight is 227 g/mol. The van der Waals surface area contributed by atoms with Gasteiger partial charge in [-0.3, -0.25) is 4.18 Å². The minimum absolute atomic E-state index is 0.00139. The molecule has 1 aromatic rings. The van der Waals surface area contributed by atoms with Gasteiger partial charge in [0.2, 0.25) is 6.08 Å². The Morgan fingerprint density at radius 1 is 1.40 bits per heavy atom. The lowest BCUT2D eigenvalue weighted by atomic mass is 10.2. The Morgan fingerprint density at radius 2 is 2.07 bits per heavy atom. The summed E-state index contributed by atoms with van der Waals surface area (Å²) in [6.07, 6.45) is 1.34. The highest BCUT2D eigenvalue weighted by atomic mass is 32.2. The van der Waals surface area contributed by atoms with Crippen molar-refractivity contribution < 1.29 is 17.4 Å². The number of nitrogens with zero attached hydrogens (tertiary/aromatic N) is 1. The van der Waals surface area contributed by atoms with Gasteiger partial charge in [0, 0.05) is 0 Å². The maximum Gasteiger partial charge on any atom is 0.297 e. The van der Waals surface area contributed by atoms with Gasteiger partial charge in [-0.1, -0.05) is 6.07 Å². The first-order valence-corrected chi connectivity index (χ1v) is 5.41. The third kappa shape index (κ3) is 2.50. The number of hydrogen-bond acceptors (Lipinski definition) is 5. The quantitative estimate of drug-likeness (QED) is 0.443. The van der Waals surface area contributed by atoms with Gasteiger partial charge in [-0.25, -0.2) is 4.79 Å². The summed E-state index contributed by atoms with van der Waals surface area (Å²) in [5.41, 5.74) is 0.757. The van der Waals surface area contributed by atoms with Crippen LogP contribution in [0.3, 0.4) is 0 Å². The number of rotatable bonds is 3. The van der Waals surface area contributed by atoms with E-state index in [2.05, 4.69) is 9.18 Å². The van der Waals surface area contributed by atoms with Gasteiger partial charge in [-0.2, -0.15) is 13.4 Å². The van der Waals surface area contributed by atoms with Crippen LogP contribution in [0.5, 0.6) is 0 Å². The fourth-order valence-electron chi connectivity index (χ4n) is 1.07. The molecular weight excluding hydrogens is 218 g/mol. The van der Waals surface area contributed by atoms with E-state index >= 15 is 0 Å². The summed E-state index contributed by atoms with van der Waals surface area (Å²) < 4.78 is 27.2. The molecule has 0 heterocycles. The Hall–Kier alpha value is -1.49. The summed E-state index contributed by atoms with van der Waals surface area (Å²) >= 11 is 0. The standard InChI is InChI=1S/C9H9NO4S/c1-7-3-4-8(10-6-11)5-9(7)15(12,13)14-2/h3-5H,1-2H3. The van der Waals surface area contributed by atoms with Gasteiger partial charge in [0.1, 0.15) is 0 Å². The molecule has 15 heavy (non-hydrogen) atoms. The van der Waals surface area contributed by atoms with Crippen LogP contribution >= 0.6 is 0 Å². The van der Waals surface area contributed by atoms with Gasteiger partial charge in [-0.05, 0) is 24.6 Å². The zero-order valence-corrected chi connectivity index (χ0v) is 9.04. The van der Waals surface area contributed by atoms with Crippen LogP contribution in [0.25, 0.3) is 0 Å². The molecule has 0 fully saturated rings. The number of aliphatic imine (C=N–C) groups is 1. The molecule has 0 aliphatic heterocycles. The Bertz CT molecular complexity index is 515. The normalized spacial score (nSPS) is 10.8. The van der Waals surface area contributed by atoms with E-state index in [-0.39, 0.29) is 10.6 Å². The van der Waals surface area contributed by atoms with Crippen molar-refractivity contribution in [1.29, 1.82) is 0 Å². The lowest BCUT2D eigenvalue weighted by Crippen LogP contribution is -2.04. The van der Waals surface area contributed by atoms with Crippen molar-refractivity contribution in [2.24, 2.45) is 4.99 Å². The number of benzene rings is 1. The van der Waals surface area contributed by atoms with E-state index in [1.165, 1.54) is 18.2 Å². The van der Waals surface area contributed by atoms with E-state index in [0.29, 0.717) is 5.56 Å². The molecule has 0 unspecified atom stereocenters. The van der Waals surface area contributed by atoms with E-state index in [1.807, 2.05) is 0 Å². The largest absolute Gasteiger partial charge is 0.297 e. The Balaban J connectivity index is 3.41. The molecule has 0 aliphatic carbocycles. The van der Waals surface area contributed by atoms with E-state index in [9.17, 15) is 13.2 Å². The fourth-order valence-corrected chi connectivity index (χ4v) is 1.98. The summed E-state index contributed by atoms with van der Waals surface area (Å²) in [5.74, 6) is 0. The summed E-state index contributed by atoms with van der Waals surface area (Å²) in [5, 5.41) is 0. The van der Waals surface area contributed by atoms with Gasteiger partial charge in [0.15, 0.2) is 0 Å². The molecule has 0 saturated carbocycles. The van der Waals surface area contributed by atoms with Crippen LogP contribution in [0, 0.1) is 6.92 Å². The molecule has 0 radical (unpaired) electrons. The number of carbonyl (C=O) groups excluding carboxylic acids is 1. The Morgan fingerprint density at radius 3 is 2.60 bits per heavy atom. The molecule has 0 spiro atoms. The summed E-state index contributed by atoms with van der Waals surface area (Å²) in [6.45, 7) is 1.63. The topological polar surface area (TPSA) is 72.8 Å². The summed E-state index contributed by atoms with van der Waals surface area (Å²) in [6, 6.07) is 4.33. The molecule has 80 valence electrons. The minimum atomic E-state index is -3.76. The third-order valence-corrected chi connectivity index (χ3v) is 3.25. The summed E-state index contributed by atoms with van der Waals surface area (Å²) in [7, 11) is -2.69. The van der Waals surface area contributed by atoms with Gasteiger partial charge in [0.25, 0.3) is 10.1 Å². The molecule has 0 N–H and O–H groups in total. The Labute approximate surface area is 87.5 Å². The maximum atomic E-state index is 11.4. The fraction of sp³-hybridized carbons (Fsp3) is 0.222. The van der Waals surface area contributed by atoms with E-state index in [0.717, 1.165) is 7.11 Å². The van der Waals surface area contributed by atoms with Gasteiger partial charge in [0.05, 0.1) is 17.7 Å². The predicted molar refractivity (Wildman–Crippen MR) is 53.2 cm³/mol. The van der Waals surface area contributed by atoms with Crippen LogP contribution in [-0.2, 0) is 19.1 Å². The lowest BCUT2D eigenvalue weighted by Gasteiger charge is -2.05. The number of aryl methyl sites for hydroxylation is 1. The molecule has 6 heteroatoms. The van der Waals surface area contributed by atoms with E-state index in [4.69, 9.17) is 0 Å². The molecular formula is C9H9NO4S. The van der Waals surface area contributed by atoms with Crippen molar-refractivity contribution in [3.8, 4) is 0 Å².